The van der Waals surface area contributed by atoms with E-state index in [1.807, 2.05) is 0 Å². The molecular formula is C79H154O17P2. The maximum atomic E-state index is 13.1. The largest absolute Gasteiger partial charge is 0.472 e. The van der Waals surface area contributed by atoms with E-state index in [4.69, 9.17) is 37.0 Å². The number of hydrogen-bond acceptors (Lipinski definition) is 15. The minimum absolute atomic E-state index is 0.106. The Morgan fingerprint density at radius 1 is 0.286 bits per heavy atom. The predicted molar refractivity (Wildman–Crippen MR) is 400 cm³/mol. The van der Waals surface area contributed by atoms with Gasteiger partial charge in [-0.1, -0.05) is 351 Å². The van der Waals surface area contributed by atoms with Crippen molar-refractivity contribution in [2.24, 2.45) is 23.7 Å². The minimum Gasteiger partial charge on any atom is -0.462 e. The summed E-state index contributed by atoms with van der Waals surface area (Å²) in [4.78, 5) is 72.9. The first kappa shape index (κ1) is 96.1. The van der Waals surface area contributed by atoms with Crippen molar-refractivity contribution in [3.63, 3.8) is 0 Å². The smallest absolute Gasteiger partial charge is 0.462 e. The van der Waals surface area contributed by atoms with Gasteiger partial charge in [0.1, 0.15) is 19.3 Å². The van der Waals surface area contributed by atoms with E-state index in [9.17, 15) is 43.2 Å². The van der Waals surface area contributed by atoms with Crippen LogP contribution in [0.25, 0.3) is 0 Å². The van der Waals surface area contributed by atoms with E-state index in [1.54, 1.807) is 0 Å². The summed E-state index contributed by atoms with van der Waals surface area (Å²) in [7, 11) is -9.92. The molecule has 0 spiro atoms. The molecule has 4 unspecified atom stereocenters. The van der Waals surface area contributed by atoms with E-state index >= 15 is 0 Å². The first-order valence-electron chi connectivity index (χ1n) is 40.8. The zero-order valence-electron chi connectivity index (χ0n) is 64.4. The first-order valence-corrected chi connectivity index (χ1v) is 43.8. The number of rotatable bonds is 76. The number of ether oxygens (including phenoxy) is 4. The second-order valence-corrected chi connectivity index (χ2v) is 32.8. The maximum Gasteiger partial charge on any atom is 0.472 e. The Kier molecular flexibility index (Phi) is 66.8. The van der Waals surface area contributed by atoms with Gasteiger partial charge in [0.2, 0.25) is 0 Å². The average molecular weight is 1440 g/mol. The van der Waals surface area contributed by atoms with Crippen LogP contribution in [0, 0.1) is 23.7 Å². The number of phosphoric acid groups is 2. The van der Waals surface area contributed by atoms with Gasteiger partial charge < -0.3 is 33.8 Å². The highest BCUT2D eigenvalue weighted by atomic mass is 31.2. The third-order valence-electron chi connectivity index (χ3n) is 19.0. The number of unbranched alkanes of at least 4 members (excludes halogenated alkanes) is 40. The molecule has 0 radical (unpaired) electrons. The highest BCUT2D eigenvalue weighted by Crippen LogP contribution is 2.45. The second-order valence-electron chi connectivity index (χ2n) is 29.9. The molecule has 0 aromatic rings. The summed E-state index contributed by atoms with van der Waals surface area (Å²) in [6, 6.07) is 0. The molecule has 0 rings (SSSR count). The molecule has 582 valence electrons. The van der Waals surface area contributed by atoms with Crippen LogP contribution in [0.3, 0.4) is 0 Å². The molecule has 0 aliphatic heterocycles. The van der Waals surface area contributed by atoms with E-state index in [1.165, 1.54) is 199 Å². The lowest BCUT2D eigenvalue weighted by Crippen LogP contribution is -2.30. The van der Waals surface area contributed by atoms with Gasteiger partial charge >= 0.3 is 39.5 Å². The van der Waals surface area contributed by atoms with Gasteiger partial charge in [-0.2, -0.15) is 0 Å². The molecular weight excluding hydrogens is 1280 g/mol. The molecule has 0 amide bonds. The lowest BCUT2D eigenvalue weighted by atomic mass is 9.99. The van der Waals surface area contributed by atoms with E-state index in [0.717, 1.165) is 114 Å². The number of hydrogen-bond donors (Lipinski definition) is 3. The summed E-state index contributed by atoms with van der Waals surface area (Å²) in [6.07, 6.45) is 54.1. The number of aliphatic hydroxyl groups excluding tert-OH is 1. The molecule has 3 N–H and O–H groups in total. The van der Waals surface area contributed by atoms with Crippen molar-refractivity contribution in [2.75, 3.05) is 39.6 Å². The molecule has 0 aliphatic rings. The highest BCUT2D eigenvalue weighted by Gasteiger charge is 2.30. The quantitative estimate of drug-likeness (QED) is 0.0222. The molecule has 0 fully saturated rings. The Bertz CT molecular complexity index is 1920. The molecule has 17 nitrogen and oxygen atoms in total. The van der Waals surface area contributed by atoms with Crippen LogP contribution in [0.5, 0.6) is 0 Å². The molecule has 0 aromatic carbocycles. The zero-order valence-corrected chi connectivity index (χ0v) is 66.2. The van der Waals surface area contributed by atoms with Crippen LogP contribution in [-0.2, 0) is 65.4 Å². The molecule has 0 aliphatic carbocycles. The molecule has 0 saturated carbocycles. The fourth-order valence-electron chi connectivity index (χ4n) is 12.0. The summed E-state index contributed by atoms with van der Waals surface area (Å²) in [5, 5.41) is 10.6. The summed E-state index contributed by atoms with van der Waals surface area (Å²) in [6.45, 7) is 14.3. The molecule has 19 heteroatoms. The molecule has 7 atom stereocenters. The lowest BCUT2D eigenvalue weighted by molar-refractivity contribution is -0.161. The van der Waals surface area contributed by atoms with E-state index in [-0.39, 0.29) is 25.7 Å². The van der Waals surface area contributed by atoms with Gasteiger partial charge in [-0.05, 0) is 49.4 Å². The summed E-state index contributed by atoms with van der Waals surface area (Å²) in [5.74, 6) is 1.01. The van der Waals surface area contributed by atoms with Crippen LogP contribution >= 0.6 is 15.6 Å². The minimum atomic E-state index is -4.96. The van der Waals surface area contributed by atoms with Crippen LogP contribution in [0.4, 0.5) is 0 Å². The fraction of sp³-hybridized carbons (Fsp3) is 0.949. The summed E-state index contributed by atoms with van der Waals surface area (Å²) in [5.41, 5.74) is 0. The maximum absolute atomic E-state index is 13.1. The molecule has 0 heterocycles. The van der Waals surface area contributed by atoms with Crippen molar-refractivity contribution in [1.29, 1.82) is 0 Å². The van der Waals surface area contributed by atoms with Crippen LogP contribution in [-0.4, -0.2) is 96.7 Å². The molecule has 0 aromatic heterocycles. The second kappa shape index (κ2) is 68.2. The zero-order chi connectivity index (χ0) is 72.4. The van der Waals surface area contributed by atoms with Gasteiger partial charge in [-0.25, -0.2) is 9.13 Å². The Morgan fingerprint density at radius 3 is 0.724 bits per heavy atom. The number of carbonyl (C=O) groups excluding carboxylic acids is 4. The van der Waals surface area contributed by atoms with Gasteiger partial charge in [0.05, 0.1) is 26.4 Å². The Balaban J connectivity index is 5.24. The number of aliphatic hydroxyl groups is 1. The number of carbonyl (C=O) groups is 4. The van der Waals surface area contributed by atoms with Crippen molar-refractivity contribution >= 4 is 39.5 Å². The van der Waals surface area contributed by atoms with E-state index < -0.39 is 97.5 Å². The highest BCUT2D eigenvalue weighted by molar-refractivity contribution is 7.47. The van der Waals surface area contributed by atoms with E-state index in [2.05, 4.69) is 55.4 Å². The van der Waals surface area contributed by atoms with Gasteiger partial charge in [0.15, 0.2) is 12.2 Å². The standard InChI is InChI=1S/C79H154O17P2/c1-9-71(7)57-49-41-32-26-20-16-12-14-18-22-30-36-46-54-61-78(83)95-74(65-89-76(81)59-51-43-34-28-24-23-27-33-42-50-58-72(8)10-2)67-93-97(85,86)91-63-73(80)64-92-98(87,88)94-68-75(66-90-77(82)60-52-44-38-37-40-48-56-70(5)6)96-79(84)62-53-45-35-29-21-17-13-11-15-19-25-31-39-47-55-69(3)4/h69-75,80H,9-68H2,1-8H3,(H,85,86)(H,87,88)/t71?,72?,73-,74-,75-/m1/s1. The normalized spacial score (nSPS) is 14.6. The predicted octanol–water partition coefficient (Wildman–Crippen LogP) is 23.2. The third-order valence-corrected chi connectivity index (χ3v) is 20.9. The first-order chi connectivity index (χ1) is 47.2. The number of esters is 4. The summed E-state index contributed by atoms with van der Waals surface area (Å²) < 4.78 is 68.6. The van der Waals surface area contributed by atoms with Crippen molar-refractivity contribution < 1.29 is 80.2 Å². The SMILES string of the molecule is CCC(C)CCCCCCCCCCCCCCCCC(=O)O[C@H](COC(=O)CCCCCCCCCCCCC(C)CC)COP(=O)(O)OC[C@@H](O)COP(=O)(O)OC[C@@H](COC(=O)CCCCCCCCC(C)C)OC(=O)CCCCCCCCCCCCCCCCC(C)C. The number of phosphoric ester groups is 2. The monoisotopic (exact) mass is 1440 g/mol. The Labute approximate surface area is 600 Å². The van der Waals surface area contributed by atoms with Gasteiger partial charge in [-0.15, -0.1) is 0 Å². The average Bonchev–Trinajstić information content (AvgIpc) is 1.00. The van der Waals surface area contributed by atoms with Crippen LogP contribution in [0.1, 0.15) is 402 Å². The summed E-state index contributed by atoms with van der Waals surface area (Å²) >= 11 is 0. The topological polar surface area (TPSA) is 237 Å². The van der Waals surface area contributed by atoms with Gasteiger partial charge in [-0.3, -0.25) is 37.3 Å². The van der Waals surface area contributed by atoms with Crippen LogP contribution < -0.4 is 0 Å². The van der Waals surface area contributed by atoms with Gasteiger partial charge in [0.25, 0.3) is 0 Å². The Hall–Kier alpha value is -1.94. The van der Waals surface area contributed by atoms with Crippen molar-refractivity contribution in [3.05, 3.63) is 0 Å². The Morgan fingerprint density at radius 2 is 0.490 bits per heavy atom. The van der Waals surface area contributed by atoms with Crippen molar-refractivity contribution in [3.8, 4) is 0 Å². The third kappa shape index (κ3) is 69.8. The van der Waals surface area contributed by atoms with E-state index in [0.29, 0.717) is 31.6 Å². The fourth-order valence-corrected chi connectivity index (χ4v) is 13.6. The molecule has 0 saturated heterocycles. The van der Waals surface area contributed by atoms with Crippen molar-refractivity contribution in [2.45, 2.75) is 420 Å². The van der Waals surface area contributed by atoms with Crippen LogP contribution in [0.15, 0.2) is 0 Å². The molecule has 98 heavy (non-hydrogen) atoms. The van der Waals surface area contributed by atoms with Gasteiger partial charge in [0, 0.05) is 25.7 Å². The van der Waals surface area contributed by atoms with Crippen molar-refractivity contribution in [1.82, 2.24) is 0 Å². The molecule has 0 bridgehead atoms. The lowest BCUT2D eigenvalue weighted by Gasteiger charge is -2.21. The van der Waals surface area contributed by atoms with Crippen LogP contribution in [0.2, 0.25) is 0 Å².